The van der Waals surface area contributed by atoms with Gasteiger partial charge in [-0.25, -0.2) is 16.8 Å². The summed E-state index contributed by atoms with van der Waals surface area (Å²) in [6.45, 7) is 0. The number of thiophene rings is 2. The van der Waals surface area contributed by atoms with Crippen LogP contribution in [-0.2, 0) is 20.0 Å². The van der Waals surface area contributed by atoms with E-state index in [9.17, 15) is 16.8 Å². The van der Waals surface area contributed by atoms with Crippen LogP contribution in [0.4, 0.5) is 11.4 Å². The fourth-order valence-corrected chi connectivity index (χ4v) is 7.38. The van der Waals surface area contributed by atoms with Crippen molar-refractivity contribution in [2.75, 3.05) is 9.44 Å². The highest BCUT2D eigenvalue weighted by Crippen LogP contribution is 2.37. The minimum absolute atomic E-state index is 0.0243. The highest BCUT2D eigenvalue weighted by molar-refractivity contribution is 7.95. The smallest absolute Gasteiger partial charge is 0.271 e. The van der Waals surface area contributed by atoms with Crippen LogP contribution in [0.2, 0.25) is 10.0 Å². The molecule has 7 nitrogen and oxygen atoms in total. The van der Waals surface area contributed by atoms with Gasteiger partial charge in [0.2, 0.25) is 0 Å². The SMILES string of the molecule is O=S(=O)(Nc1cc(Cl)c(Cl)cc1NS(=O)(=O)c1ccc(-c2ccccn2)s1)c1cccs1. The lowest BCUT2D eigenvalue weighted by atomic mass is 10.3. The first-order valence-corrected chi connectivity index (χ1v) is 14.2. The van der Waals surface area contributed by atoms with Gasteiger partial charge in [-0.05, 0) is 47.8 Å². The third kappa shape index (κ3) is 4.92. The number of hydrogen-bond acceptors (Lipinski definition) is 7. The Kier molecular flexibility index (Phi) is 6.48. The summed E-state index contributed by atoms with van der Waals surface area (Å²) >= 11 is 14.2. The summed E-state index contributed by atoms with van der Waals surface area (Å²) in [7, 11) is -8.00. The summed E-state index contributed by atoms with van der Waals surface area (Å²) in [6.07, 6.45) is 1.61. The lowest BCUT2D eigenvalue weighted by molar-refractivity contribution is 0.601. The zero-order valence-corrected chi connectivity index (χ0v) is 20.6. The molecule has 0 saturated carbocycles. The Balaban J connectivity index is 1.68. The van der Waals surface area contributed by atoms with Gasteiger partial charge in [-0.2, -0.15) is 0 Å². The number of rotatable bonds is 7. The molecule has 0 bridgehead atoms. The largest absolute Gasteiger partial charge is 0.277 e. The Morgan fingerprint density at radius 1 is 0.781 bits per heavy atom. The third-order valence-electron chi connectivity index (χ3n) is 4.07. The normalized spacial score (nSPS) is 11.9. The first-order chi connectivity index (χ1) is 15.2. The summed E-state index contributed by atoms with van der Waals surface area (Å²) in [5, 5.41) is 1.74. The van der Waals surface area contributed by atoms with Gasteiger partial charge in [-0.3, -0.25) is 14.4 Å². The van der Waals surface area contributed by atoms with Gasteiger partial charge in [0.15, 0.2) is 0 Å². The fourth-order valence-electron chi connectivity index (χ4n) is 2.63. The average molecular weight is 547 g/mol. The number of halogens is 2. The second kappa shape index (κ2) is 9.00. The third-order valence-corrected chi connectivity index (χ3v) is 10.5. The molecular weight excluding hydrogens is 533 g/mol. The molecule has 0 aliphatic rings. The van der Waals surface area contributed by atoms with Gasteiger partial charge in [0.25, 0.3) is 20.0 Å². The van der Waals surface area contributed by atoms with E-state index in [-0.39, 0.29) is 29.8 Å². The zero-order chi connectivity index (χ0) is 22.9. The first-order valence-electron chi connectivity index (χ1n) is 8.75. The van der Waals surface area contributed by atoms with Gasteiger partial charge in [0.1, 0.15) is 8.42 Å². The topological polar surface area (TPSA) is 105 Å². The van der Waals surface area contributed by atoms with Crippen LogP contribution in [-0.4, -0.2) is 21.8 Å². The fraction of sp³-hybridized carbons (Fsp3) is 0. The first kappa shape index (κ1) is 23.0. The van der Waals surface area contributed by atoms with E-state index < -0.39 is 20.0 Å². The lowest BCUT2D eigenvalue weighted by Gasteiger charge is -2.15. The number of benzene rings is 1. The molecule has 0 unspecified atom stereocenters. The molecule has 1 aromatic carbocycles. The van der Waals surface area contributed by atoms with E-state index in [1.807, 2.05) is 0 Å². The monoisotopic (exact) mass is 545 g/mol. The molecule has 0 saturated heterocycles. The Hall–Kier alpha value is -2.15. The predicted molar refractivity (Wildman–Crippen MR) is 130 cm³/mol. The summed E-state index contributed by atoms with van der Waals surface area (Å²) in [5.41, 5.74) is 0.517. The van der Waals surface area contributed by atoms with Crippen molar-refractivity contribution in [2.24, 2.45) is 0 Å². The van der Waals surface area contributed by atoms with E-state index in [2.05, 4.69) is 14.4 Å². The maximum Gasteiger partial charge on any atom is 0.271 e. The van der Waals surface area contributed by atoms with Crippen LogP contribution in [0.25, 0.3) is 10.6 Å². The number of nitrogens with zero attached hydrogens (tertiary/aromatic N) is 1. The summed E-state index contributed by atoms with van der Waals surface area (Å²) in [5.74, 6) is 0. The maximum absolute atomic E-state index is 13.0. The van der Waals surface area contributed by atoms with E-state index in [1.165, 1.54) is 24.3 Å². The van der Waals surface area contributed by atoms with Gasteiger partial charge in [0.05, 0.1) is 32.0 Å². The number of anilines is 2. The van der Waals surface area contributed by atoms with Gasteiger partial charge >= 0.3 is 0 Å². The Morgan fingerprint density at radius 3 is 2.00 bits per heavy atom. The molecule has 0 spiro atoms. The Morgan fingerprint density at radius 2 is 1.44 bits per heavy atom. The average Bonchev–Trinajstić information content (AvgIpc) is 3.45. The molecule has 0 aliphatic carbocycles. The van der Waals surface area contributed by atoms with E-state index in [4.69, 9.17) is 23.2 Å². The van der Waals surface area contributed by atoms with Gasteiger partial charge in [0, 0.05) is 6.20 Å². The highest BCUT2D eigenvalue weighted by Gasteiger charge is 2.23. The molecule has 0 atom stereocenters. The van der Waals surface area contributed by atoms with Crippen molar-refractivity contribution >= 4 is 77.3 Å². The van der Waals surface area contributed by atoms with Crippen LogP contribution in [0, 0.1) is 0 Å². The zero-order valence-electron chi connectivity index (χ0n) is 15.8. The lowest BCUT2D eigenvalue weighted by Crippen LogP contribution is -2.16. The molecule has 2 N–H and O–H groups in total. The quantitative estimate of drug-likeness (QED) is 0.306. The van der Waals surface area contributed by atoms with E-state index >= 15 is 0 Å². The summed E-state index contributed by atoms with van der Waals surface area (Å²) < 4.78 is 56.2. The molecule has 13 heteroatoms. The number of aromatic nitrogens is 1. The number of nitrogens with one attached hydrogen (secondary N) is 2. The summed E-state index contributed by atoms with van der Waals surface area (Å²) in [4.78, 5) is 4.88. The minimum Gasteiger partial charge on any atom is -0.277 e. The van der Waals surface area contributed by atoms with Crippen molar-refractivity contribution in [1.29, 1.82) is 0 Å². The van der Waals surface area contributed by atoms with Crippen molar-refractivity contribution < 1.29 is 16.8 Å². The number of sulfonamides is 2. The molecule has 3 heterocycles. The van der Waals surface area contributed by atoms with Crippen molar-refractivity contribution in [1.82, 2.24) is 4.98 Å². The second-order valence-corrected chi connectivity index (χ2v) is 13.0. The van der Waals surface area contributed by atoms with Gasteiger partial charge in [-0.1, -0.05) is 35.3 Å². The van der Waals surface area contributed by atoms with Crippen molar-refractivity contribution in [3.63, 3.8) is 0 Å². The molecule has 0 radical (unpaired) electrons. The molecular formula is C19H13Cl2N3O4S4. The van der Waals surface area contributed by atoms with Crippen LogP contribution in [0.15, 0.2) is 74.6 Å². The van der Waals surface area contributed by atoms with Gasteiger partial charge < -0.3 is 0 Å². The molecule has 4 aromatic rings. The molecule has 0 fully saturated rings. The molecule has 0 amide bonds. The number of hydrogen-bond donors (Lipinski definition) is 2. The molecule has 166 valence electrons. The highest BCUT2D eigenvalue weighted by atomic mass is 35.5. The Labute approximate surface area is 202 Å². The molecule has 4 rings (SSSR count). The molecule has 3 aromatic heterocycles. The second-order valence-electron chi connectivity index (χ2n) is 6.29. The molecule has 0 aliphatic heterocycles. The Bertz CT molecular complexity index is 1470. The van der Waals surface area contributed by atoms with Gasteiger partial charge in [-0.15, -0.1) is 22.7 Å². The van der Waals surface area contributed by atoms with Crippen LogP contribution < -0.4 is 9.44 Å². The van der Waals surface area contributed by atoms with E-state index in [0.29, 0.717) is 10.6 Å². The molecule has 32 heavy (non-hydrogen) atoms. The predicted octanol–water partition coefficient (Wildman–Crippen LogP) is 5.78. The van der Waals surface area contributed by atoms with Crippen LogP contribution >= 0.6 is 45.9 Å². The number of pyridine rings is 1. The van der Waals surface area contributed by atoms with Crippen LogP contribution in [0.3, 0.4) is 0 Å². The minimum atomic E-state index is -4.06. The van der Waals surface area contributed by atoms with Crippen LogP contribution in [0.5, 0.6) is 0 Å². The standard InChI is InChI=1S/C19H13Cl2N3O4S4/c20-12-10-15(23-31(25,26)18-5-3-9-29-18)16(11-13(12)21)24-32(27,28)19-7-6-17(30-19)14-4-1-2-8-22-14/h1-11,23-24H. The van der Waals surface area contributed by atoms with E-state index in [0.717, 1.165) is 22.7 Å². The van der Waals surface area contributed by atoms with Crippen molar-refractivity contribution in [2.45, 2.75) is 8.42 Å². The van der Waals surface area contributed by atoms with E-state index in [1.54, 1.807) is 41.9 Å². The van der Waals surface area contributed by atoms with Crippen LogP contribution in [0.1, 0.15) is 0 Å². The van der Waals surface area contributed by atoms with Crippen molar-refractivity contribution in [3.8, 4) is 10.6 Å². The summed E-state index contributed by atoms with van der Waals surface area (Å²) in [6, 6.07) is 14.0. The van der Waals surface area contributed by atoms with Crippen molar-refractivity contribution in [3.05, 3.63) is 76.2 Å². The maximum atomic E-state index is 13.0.